The molecule has 1 fully saturated rings. The van der Waals surface area contributed by atoms with Crippen molar-refractivity contribution < 1.29 is 13.2 Å². The Kier molecular flexibility index (Phi) is 4.80. The van der Waals surface area contributed by atoms with Crippen molar-refractivity contribution in [2.45, 2.75) is 30.6 Å². The van der Waals surface area contributed by atoms with Crippen molar-refractivity contribution in [3.8, 4) is 5.75 Å². The number of ether oxygens (including phenoxy) is 1. The average Bonchev–Trinajstić information content (AvgIpc) is 3.24. The number of hydrogen-bond acceptors (Lipinski definition) is 3. The Morgan fingerprint density at radius 1 is 0.926 bits per heavy atom. The molecule has 0 atom stereocenters. The van der Waals surface area contributed by atoms with Gasteiger partial charge in [-0.25, -0.2) is 8.42 Å². The molecular formula is C21H20Br2O3S. The maximum atomic E-state index is 11.8. The average molecular weight is 512 g/mol. The molecule has 0 amide bonds. The number of benzene rings is 2. The maximum Gasteiger partial charge on any atom is 0.175 e. The highest BCUT2D eigenvalue weighted by atomic mass is 79.9. The molecule has 0 bridgehead atoms. The summed E-state index contributed by atoms with van der Waals surface area (Å²) in [6, 6.07) is 11.6. The molecule has 27 heavy (non-hydrogen) atoms. The normalized spacial score (nSPS) is 18.2. The molecule has 2 aliphatic carbocycles. The third-order valence-corrected chi connectivity index (χ3v) is 7.91. The lowest BCUT2D eigenvalue weighted by molar-refractivity contribution is 0.409. The van der Waals surface area contributed by atoms with E-state index in [4.69, 9.17) is 4.74 Å². The van der Waals surface area contributed by atoms with Crippen molar-refractivity contribution in [2.24, 2.45) is 5.41 Å². The summed E-state index contributed by atoms with van der Waals surface area (Å²) in [5.41, 5.74) is 5.38. The van der Waals surface area contributed by atoms with Gasteiger partial charge in [0.25, 0.3) is 0 Å². The quantitative estimate of drug-likeness (QED) is 0.497. The van der Waals surface area contributed by atoms with Crippen LogP contribution in [0.5, 0.6) is 5.75 Å². The van der Waals surface area contributed by atoms with Crippen molar-refractivity contribution in [1.82, 2.24) is 0 Å². The molecule has 1 saturated carbocycles. The fourth-order valence-corrected chi connectivity index (χ4v) is 6.08. The molecule has 3 nitrogen and oxygen atoms in total. The fraction of sp³-hybridized carbons (Fsp3) is 0.333. The van der Waals surface area contributed by atoms with Gasteiger partial charge in [0.05, 0.1) is 21.0 Å². The van der Waals surface area contributed by atoms with Gasteiger partial charge >= 0.3 is 0 Å². The minimum atomic E-state index is -3.18. The van der Waals surface area contributed by atoms with Crippen molar-refractivity contribution in [1.29, 1.82) is 0 Å². The van der Waals surface area contributed by atoms with E-state index in [0.717, 1.165) is 33.1 Å². The molecule has 0 unspecified atom stereocenters. The molecule has 2 aliphatic rings. The predicted octanol–water partition coefficient (Wildman–Crippen LogP) is 6.11. The molecule has 2 aromatic rings. The molecule has 4 rings (SSSR count). The summed E-state index contributed by atoms with van der Waals surface area (Å²) >= 11 is 7.23. The number of sulfone groups is 1. The number of halogens is 2. The number of rotatable bonds is 4. The Morgan fingerprint density at radius 2 is 1.44 bits per heavy atom. The van der Waals surface area contributed by atoms with Gasteiger partial charge in [0.2, 0.25) is 0 Å². The van der Waals surface area contributed by atoms with Gasteiger partial charge in [0.15, 0.2) is 9.84 Å². The molecule has 0 N–H and O–H groups in total. The lowest BCUT2D eigenvalue weighted by atomic mass is 9.97. The summed E-state index contributed by atoms with van der Waals surface area (Å²) < 4.78 is 30.8. The zero-order valence-electron chi connectivity index (χ0n) is 15.2. The van der Waals surface area contributed by atoms with Gasteiger partial charge in [-0.1, -0.05) is 12.1 Å². The van der Waals surface area contributed by atoms with Crippen LogP contribution in [0.1, 0.15) is 36.8 Å². The second kappa shape index (κ2) is 6.75. The van der Waals surface area contributed by atoms with Gasteiger partial charge in [-0.3, -0.25) is 0 Å². The summed E-state index contributed by atoms with van der Waals surface area (Å²) in [5.74, 6) is 0.789. The van der Waals surface area contributed by atoms with Gasteiger partial charge in [-0.2, -0.15) is 0 Å². The van der Waals surface area contributed by atoms with Crippen molar-refractivity contribution >= 4 is 52.8 Å². The monoisotopic (exact) mass is 510 g/mol. The number of hydrogen-bond donors (Lipinski definition) is 0. The summed E-state index contributed by atoms with van der Waals surface area (Å²) in [6.07, 6.45) is 5.90. The van der Waals surface area contributed by atoms with Crippen LogP contribution in [0.3, 0.4) is 0 Å². The van der Waals surface area contributed by atoms with Gasteiger partial charge < -0.3 is 4.74 Å². The van der Waals surface area contributed by atoms with E-state index in [-0.39, 0.29) is 0 Å². The highest BCUT2D eigenvalue weighted by molar-refractivity contribution is 9.11. The lowest BCUT2D eigenvalue weighted by Gasteiger charge is -2.13. The van der Waals surface area contributed by atoms with Crippen molar-refractivity contribution in [3.05, 3.63) is 56.5 Å². The minimum absolute atomic E-state index is 0.363. The molecule has 0 aromatic heterocycles. The minimum Gasteiger partial charge on any atom is -0.494 e. The van der Waals surface area contributed by atoms with Crippen molar-refractivity contribution in [3.63, 3.8) is 0 Å². The largest absolute Gasteiger partial charge is 0.494 e. The van der Waals surface area contributed by atoms with E-state index >= 15 is 0 Å². The lowest BCUT2D eigenvalue weighted by Crippen LogP contribution is -1.97. The van der Waals surface area contributed by atoms with Gasteiger partial charge in [-0.15, -0.1) is 0 Å². The standard InChI is InChI=1S/C21H20Br2O3S/c1-26-20-18(22)9-14(10-19(20)23)17-12-21(7-8-21)11-16(17)13-3-5-15(6-4-13)27(2,24)25/h3-6,9-10H,7-8,11-12H2,1-2H3. The van der Waals surface area contributed by atoms with Crippen LogP contribution in [0.2, 0.25) is 0 Å². The fourth-order valence-electron chi connectivity index (χ4n) is 3.94. The highest BCUT2D eigenvalue weighted by Crippen LogP contribution is 2.63. The summed E-state index contributed by atoms with van der Waals surface area (Å²) in [6.45, 7) is 0. The first kappa shape index (κ1) is 19.2. The maximum absolute atomic E-state index is 11.8. The molecule has 0 radical (unpaired) electrons. The molecule has 1 spiro atoms. The SMILES string of the molecule is COc1c(Br)cc(C2=C(c3ccc(S(C)(=O)=O)cc3)CC3(CC3)C2)cc1Br. The van der Waals surface area contributed by atoms with Crippen LogP contribution in [0, 0.1) is 5.41 Å². The van der Waals surface area contributed by atoms with Gasteiger partial charge in [-0.05, 0) is 109 Å². The van der Waals surface area contributed by atoms with Crippen LogP contribution in [-0.4, -0.2) is 21.8 Å². The van der Waals surface area contributed by atoms with E-state index in [9.17, 15) is 8.42 Å². The van der Waals surface area contributed by atoms with Crippen LogP contribution in [-0.2, 0) is 9.84 Å². The second-order valence-corrected chi connectivity index (χ2v) is 11.3. The van der Waals surface area contributed by atoms with Crippen LogP contribution in [0.15, 0.2) is 50.2 Å². The van der Waals surface area contributed by atoms with E-state index < -0.39 is 9.84 Å². The van der Waals surface area contributed by atoms with E-state index in [1.54, 1.807) is 19.2 Å². The molecule has 2 aromatic carbocycles. The summed E-state index contributed by atoms with van der Waals surface area (Å²) in [4.78, 5) is 0.363. The van der Waals surface area contributed by atoms with Gasteiger partial charge in [0, 0.05) is 6.26 Å². The Balaban J connectivity index is 1.81. The highest BCUT2D eigenvalue weighted by Gasteiger charge is 2.48. The summed E-state index contributed by atoms with van der Waals surface area (Å²) in [7, 11) is -1.52. The zero-order chi connectivity index (χ0) is 19.4. The second-order valence-electron chi connectivity index (χ2n) is 7.58. The first-order valence-electron chi connectivity index (χ1n) is 8.78. The smallest absolute Gasteiger partial charge is 0.175 e. The van der Waals surface area contributed by atoms with Crippen molar-refractivity contribution in [2.75, 3.05) is 13.4 Å². The van der Waals surface area contributed by atoms with E-state index in [1.807, 2.05) is 12.1 Å². The molecule has 0 saturated heterocycles. The van der Waals surface area contributed by atoms with Crippen LogP contribution >= 0.6 is 31.9 Å². The number of methoxy groups -OCH3 is 1. The molecular weight excluding hydrogens is 492 g/mol. The predicted molar refractivity (Wildman–Crippen MR) is 116 cm³/mol. The summed E-state index contributed by atoms with van der Waals surface area (Å²) in [5, 5.41) is 0. The van der Waals surface area contributed by atoms with Crippen LogP contribution in [0.4, 0.5) is 0 Å². The third kappa shape index (κ3) is 3.64. The van der Waals surface area contributed by atoms with E-state index in [0.29, 0.717) is 10.3 Å². The van der Waals surface area contributed by atoms with Crippen LogP contribution < -0.4 is 4.74 Å². The number of allylic oxidation sites excluding steroid dienone is 2. The van der Waals surface area contributed by atoms with Crippen LogP contribution in [0.25, 0.3) is 11.1 Å². The first-order chi connectivity index (χ1) is 12.7. The Labute approximate surface area is 177 Å². The van der Waals surface area contributed by atoms with E-state index in [2.05, 4.69) is 44.0 Å². The molecule has 142 valence electrons. The Hall–Kier alpha value is -1.11. The molecule has 6 heteroatoms. The third-order valence-electron chi connectivity index (χ3n) is 5.61. The van der Waals surface area contributed by atoms with Gasteiger partial charge in [0.1, 0.15) is 5.75 Å². The molecule has 0 aliphatic heterocycles. The Morgan fingerprint density at radius 3 is 1.89 bits per heavy atom. The van der Waals surface area contributed by atoms with E-state index in [1.165, 1.54) is 35.8 Å². The Bertz CT molecular complexity index is 1030. The topological polar surface area (TPSA) is 43.4 Å². The first-order valence-corrected chi connectivity index (χ1v) is 12.3. The molecule has 0 heterocycles. The zero-order valence-corrected chi connectivity index (χ0v) is 19.2.